The van der Waals surface area contributed by atoms with Gasteiger partial charge in [-0.05, 0) is 24.9 Å². The fourth-order valence-electron chi connectivity index (χ4n) is 1.45. The van der Waals surface area contributed by atoms with Crippen LogP contribution < -0.4 is 5.32 Å². The number of rotatable bonds is 7. The Balaban J connectivity index is 2.13. The molecule has 1 rings (SSSR count). The third kappa shape index (κ3) is 5.89. The van der Waals surface area contributed by atoms with Crippen LogP contribution in [-0.4, -0.2) is 19.2 Å². The fraction of sp³-hybridized carbons (Fsp3) is 0.571. The second-order valence-corrected chi connectivity index (χ2v) is 4.66. The lowest BCUT2D eigenvalue weighted by Gasteiger charge is -2.15. The van der Waals surface area contributed by atoms with Gasteiger partial charge >= 0.3 is 0 Å². The Hall–Kier alpha value is -0.860. The summed E-state index contributed by atoms with van der Waals surface area (Å²) < 4.78 is 5.75. The molecule has 0 fully saturated rings. The minimum Gasteiger partial charge on any atom is -0.373 e. The lowest BCUT2D eigenvalue weighted by molar-refractivity contribution is 0.0529. The SMILES string of the molecule is CC(C)CNCC(C)OCc1ccccc1. The van der Waals surface area contributed by atoms with Crippen LogP contribution in [0.15, 0.2) is 30.3 Å². The van der Waals surface area contributed by atoms with Gasteiger partial charge in [-0.2, -0.15) is 0 Å². The molecule has 2 nitrogen and oxygen atoms in total. The summed E-state index contributed by atoms with van der Waals surface area (Å²) in [4.78, 5) is 0. The van der Waals surface area contributed by atoms with Crippen molar-refractivity contribution < 1.29 is 4.74 Å². The maximum absolute atomic E-state index is 5.75. The molecular formula is C14H23NO. The lowest BCUT2D eigenvalue weighted by Crippen LogP contribution is -2.29. The van der Waals surface area contributed by atoms with Gasteiger partial charge in [-0.3, -0.25) is 0 Å². The standard InChI is InChI=1S/C14H23NO/c1-12(2)9-15-10-13(3)16-11-14-7-5-4-6-8-14/h4-8,12-13,15H,9-11H2,1-3H3. The molecule has 0 saturated heterocycles. The van der Waals surface area contributed by atoms with Gasteiger partial charge in [0.2, 0.25) is 0 Å². The van der Waals surface area contributed by atoms with Crippen molar-refractivity contribution in [2.75, 3.05) is 13.1 Å². The Morgan fingerprint density at radius 3 is 2.38 bits per heavy atom. The largest absolute Gasteiger partial charge is 0.373 e. The van der Waals surface area contributed by atoms with Crippen LogP contribution in [0.3, 0.4) is 0 Å². The fourth-order valence-corrected chi connectivity index (χ4v) is 1.45. The summed E-state index contributed by atoms with van der Waals surface area (Å²) in [5.74, 6) is 0.696. The van der Waals surface area contributed by atoms with Crippen molar-refractivity contribution in [1.29, 1.82) is 0 Å². The van der Waals surface area contributed by atoms with Crippen LogP contribution in [0.5, 0.6) is 0 Å². The number of hydrogen-bond donors (Lipinski definition) is 1. The molecule has 90 valence electrons. The zero-order valence-corrected chi connectivity index (χ0v) is 10.6. The average molecular weight is 221 g/mol. The summed E-state index contributed by atoms with van der Waals surface area (Å²) in [6, 6.07) is 10.3. The number of nitrogens with one attached hydrogen (secondary N) is 1. The first kappa shape index (κ1) is 13.2. The van der Waals surface area contributed by atoms with Crippen molar-refractivity contribution in [3.63, 3.8) is 0 Å². The van der Waals surface area contributed by atoms with E-state index in [-0.39, 0.29) is 6.10 Å². The summed E-state index contributed by atoms with van der Waals surface area (Å²) in [6.45, 7) is 9.21. The highest BCUT2D eigenvalue weighted by Crippen LogP contribution is 2.02. The Morgan fingerprint density at radius 1 is 1.06 bits per heavy atom. The van der Waals surface area contributed by atoms with Gasteiger partial charge in [-0.25, -0.2) is 0 Å². The molecule has 1 unspecified atom stereocenters. The van der Waals surface area contributed by atoms with Gasteiger partial charge in [0, 0.05) is 6.54 Å². The van der Waals surface area contributed by atoms with Crippen LogP contribution in [-0.2, 0) is 11.3 Å². The maximum Gasteiger partial charge on any atom is 0.0721 e. The van der Waals surface area contributed by atoms with E-state index in [1.807, 2.05) is 18.2 Å². The first-order valence-corrected chi connectivity index (χ1v) is 6.04. The van der Waals surface area contributed by atoms with Gasteiger partial charge in [0.15, 0.2) is 0 Å². The average Bonchev–Trinajstić information content (AvgIpc) is 2.27. The number of benzene rings is 1. The van der Waals surface area contributed by atoms with E-state index in [9.17, 15) is 0 Å². The van der Waals surface area contributed by atoms with E-state index in [4.69, 9.17) is 4.74 Å². The topological polar surface area (TPSA) is 21.3 Å². The monoisotopic (exact) mass is 221 g/mol. The molecule has 0 amide bonds. The smallest absolute Gasteiger partial charge is 0.0721 e. The number of ether oxygens (including phenoxy) is 1. The second-order valence-electron chi connectivity index (χ2n) is 4.66. The molecule has 1 aromatic rings. The van der Waals surface area contributed by atoms with Crippen molar-refractivity contribution in [3.8, 4) is 0 Å². The molecule has 0 heterocycles. The Labute approximate surface area is 99.0 Å². The van der Waals surface area contributed by atoms with Crippen molar-refractivity contribution in [3.05, 3.63) is 35.9 Å². The van der Waals surface area contributed by atoms with E-state index in [0.717, 1.165) is 13.1 Å². The highest BCUT2D eigenvalue weighted by Gasteiger charge is 2.02. The molecular weight excluding hydrogens is 198 g/mol. The van der Waals surface area contributed by atoms with E-state index in [2.05, 4.69) is 38.2 Å². The van der Waals surface area contributed by atoms with Crippen LogP contribution in [0, 0.1) is 5.92 Å². The molecule has 2 heteroatoms. The summed E-state index contributed by atoms with van der Waals surface area (Å²) in [5.41, 5.74) is 1.23. The quantitative estimate of drug-likeness (QED) is 0.764. The minimum absolute atomic E-state index is 0.263. The predicted octanol–water partition coefficient (Wildman–Crippen LogP) is 2.84. The van der Waals surface area contributed by atoms with E-state index in [1.54, 1.807) is 0 Å². The van der Waals surface area contributed by atoms with Gasteiger partial charge in [0.1, 0.15) is 0 Å². The minimum atomic E-state index is 0.263. The van der Waals surface area contributed by atoms with Crippen LogP contribution in [0.1, 0.15) is 26.3 Å². The molecule has 0 aliphatic carbocycles. The van der Waals surface area contributed by atoms with Crippen molar-refractivity contribution >= 4 is 0 Å². The second kappa shape index (κ2) is 7.42. The maximum atomic E-state index is 5.75. The Morgan fingerprint density at radius 2 is 1.75 bits per heavy atom. The summed E-state index contributed by atoms with van der Waals surface area (Å²) in [6.07, 6.45) is 0.263. The Bertz CT molecular complexity index is 271. The van der Waals surface area contributed by atoms with Crippen molar-refractivity contribution in [2.45, 2.75) is 33.5 Å². The van der Waals surface area contributed by atoms with Crippen LogP contribution in [0.25, 0.3) is 0 Å². The van der Waals surface area contributed by atoms with Crippen molar-refractivity contribution in [1.82, 2.24) is 5.32 Å². The number of hydrogen-bond acceptors (Lipinski definition) is 2. The normalized spacial score (nSPS) is 13.0. The highest BCUT2D eigenvalue weighted by molar-refractivity contribution is 5.13. The predicted molar refractivity (Wildman–Crippen MR) is 68.4 cm³/mol. The van der Waals surface area contributed by atoms with Crippen LogP contribution in [0.4, 0.5) is 0 Å². The highest BCUT2D eigenvalue weighted by atomic mass is 16.5. The third-order valence-corrected chi connectivity index (χ3v) is 2.36. The third-order valence-electron chi connectivity index (χ3n) is 2.36. The van der Waals surface area contributed by atoms with Gasteiger partial charge < -0.3 is 10.1 Å². The molecule has 16 heavy (non-hydrogen) atoms. The zero-order chi connectivity index (χ0) is 11.8. The first-order valence-electron chi connectivity index (χ1n) is 6.04. The van der Waals surface area contributed by atoms with E-state index in [1.165, 1.54) is 5.56 Å². The molecule has 1 N–H and O–H groups in total. The molecule has 0 aliphatic rings. The van der Waals surface area contributed by atoms with Crippen LogP contribution in [0.2, 0.25) is 0 Å². The molecule has 0 radical (unpaired) electrons. The summed E-state index contributed by atoms with van der Waals surface area (Å²) in [5, 5.41) is 3.40. The van der Waals surface area contributed by atoms with E-state index < -0.39 is 0 Å². The molecule has 0 aromatic heterocycles. The van der Waals surface area contributed by atoms with E-state index in [0.29, 0.717) is 12.5 Å². The first-order chi connectivity index (χ1) is 7.68. The lowest BCUT2D eigenvalue weighted by atomic mass is 10.2. The molecule has 1 aromatic carbocycles. The molecule has 0 spiro atoms. The zero-order valence-electron chi connectivity index (χ0n) is 10.6. The van der Waals surface area contributed by atoms with Gasteiger partial charge in [0.25, 0.3) is 0 Å². The van der Waals surface area contributed by atoms with Gasteiger partial charge in [-0.1, -0.05) is 44.2 Å². The molecule has 0 aliphatic heterocycles. The van der Waals surface area contributed by atoms with E-state index >= 15 is 0 Å². The molecule has 0 saturated carbocycles. The molecule has 1 atom stereocenters. The van der Waals surface area contributed by atoms with Gasteiger partial charge in [0.05, 0.1) is 12.7 Å². The molecule has 0 bridgehead atoms. The Kier molecular flexibility index (Phi) is 6.12. The van der Waals surface area contributed by atoms with Gasteiger partial charge in [-0.15, -0.1) is 0 Å². The summed E-state index contributed by atoms with van der Waals surface area (Å²) >= 11 is 0. The van der Waals surface area contributed by atoms with Crippen LogP contribution >= 0.6 is 0 Å². The van der Waals surface area contributed by atoms with Crippen molar-refractivity contribution in [2.24, 2.45) is 5.92 Å². The summed E-state index contributed by atoms with van der Waals surface area (Å²) in [7, 11) is 0.